The molecule has 156 valence electrons. The minimum atomic E-state index is -3.53. The zero-order valence-electron chi connectivity index (χ0n) is 17.4. The Morgan fingerprint density at radius 2 is 1.76 bits per heavy atom. The number of aryl methyl sites for hydroxylation is 1. The van der Waals surface area contributed by atoms with Crippen LogP contribution in [0.1, 0.15) is 37.4 Å². The lowest BCUT2D eigenvalue weighted by Gasteiger charge is -2.24. The molecule has 0 saturated heterocycles. The number of sulfonamides is 1. The first kappa shape index (κ1) is 21.5. The van der Waals surface area contributed by atoms with Crippen LogP contribution in [0.2, 0.25) is 0 Å². The highest BCUT2D eigenvalue weighted by molar-refractivity contribution is 7.89. The van der Waals surface area contributed by atoms with Crippen LogP contribution in [0.4, 0.5) is 5.69 Å². The van der Waals surface area contributed by atoms with E-state index in [1.54, 1.807) is 19.2 Å². The molecule has 1 unspecified atom stereocenters. The maximum absolute atomic E-state index is 12.5. The van der Waals surface area contributed by atoms with Gasteiger partial charge in [0.2, 0.25) is 15.9 Å². The summed E-state index contributed by atoms with van der Waals surface area (Å²) in [5.74, 6) is -0.119. The van der Waals surface area contributed by atoms with Crippen molar-refractivity contribution in [1.82, 2.24) is 9.21 Å². The van der Waals surface area contributed by atoms with Gasteiger partial charge in [-0.05, 0) is 69.1 Å². The zero-order chi connectivity index (χ0) is 21.2. The molecule has 0 fully saturated rings. The van der Waals surface area contributed by atoms with Gasteiger partial charge in [-0.2, -0.15) is 4.31 Å². The smallest absolute Gasteiger partial charge is 0.243 e. The van der Waals surface area contributed by atoms with Gasteiger partial charge in [-0.1, -0.05) is 24.3 Å². The molecule has 2 aromatic rings. The average molecular weight is 416 g/mol. The third-order valence-corrected chi connectivity index (χ3v) is 7.62. The second-order valence-electron chi connectivity index (χ2n) is 7.86. The molecule has 29 heavy (non-hydrogen) atoms. The fourth-order valence-corrected chi connectivity index (χ4v) is 5.05. The Labute approximate surface area is 173 Å². The van der Waals surface area contributed by atoms with Crippen molar-refractivity contribution in [3.8, 4) is 0 Å². The van der Waals surface area contributed by atoms with Gasteiger partial charge in [-0.15, -0.1) is 0 Å². The number of nitrogens with zero attached hydrogens (tertiary/aromatic N) is 2. The van der Waals surface area contributed by atoms with E-state index in [9.17, 15) is 13.2 Å². The summed E-state index contributed by atoms with van der Waals surface area (Å²) in [5.41, 5.74) is 3.24. The van der Waals surface area contributed by atoms with Gasteiger partial charge >= 0.3 is 0 Å². The number of hydrogen-bond acceptors (Lipinski definition) is 4. The van der Waals surface area contributed by atoms with E-state index in [1.807, 2.05) is 27.0 Å². The molecule has 0 aliphatic heterocycles. The lowest BCUT2D eigenvalue weighted by molar-refractivity contribution is -0.117. The van der Waals surface area contributed by atoms with E-state index in [2.05, 4.69) is 28.4 Å². The molecule has 0 spiro atoms. The first-order valence-corrected chi connectivity index (χ1v) is 11.3. The van der Waals surface area contributed by atoms with Crippen molar-refractivity contribution in [3.05, 3.63) is 59.7 Å². The largest absolute Gasteiger partial charge is 0.325 e. The number of rotatable bonds is 7. The molecule has 7 heteroatoms. The monoisotopic (exact) mass is 415 g/mol. The van der Waals surface area contributed by atoms with Crippen molar-refractivity contribution in [2.45, 2.75) is 43.7 Å². The van der Waals surface area contributed by atoms with E-state index in [0.29, 0.717) is 5.69 Å². The molecule has 3 rings (SSSR count). The number of carbonyl (C=O) groups excluding carboxylic acids is 1. The molecule has 1 aliphatic rings. The Morgan fingerprint density at radius 1 is 1.10 bits per heavy atom. The first-order valence-electron chi connectivity index (χ1n) is 9.86. The zero-order valence-corrected chi connectivity index (χ0v) is 18.2. The maximum Gasteiger partial charge on any atom is 0.243 e. The van der Waals surface area contributed by atoms with Crippen LogP contribution in [0.5, 0.6) is 0 Å². The minimum Gasteiger partial charge on any atom is -0.325 e. The number of amides is 1. The van der Waals surface area contributed by atoms with Gasteiger partial charge in [-0.25, -0.2) is 8.42 Å². The number of carbonyl (C=O) groups is 1. The second-order valence-corrected chi connectivity index (χ2v) is 9.85. The number of likely N-dealkylation sites (N-methyl/N-ethyl adjacent to an activating group) is 1. The van der Waals surface area contributed by atoms with Crippen molar-refractivity contribution in [3.63, 3.8) is 0 Å². The number of benzene rings is 2. The normalized spacial score (nSPS) is 16.4. The molecule has 0 radical (unpaired) electrons. The molecule has 0 heterocycles. The predicted octanol–water partition coefficient (Wildman–Crippen LogP) is 3.27. The summed E-state index contributed by atoms with van der Waals surface area (Å²) < 4.78 is 26.4. The van der Waals surface area contributed by atoms with Crippen LogP contribution in [-0.4, -0.2) is 50.2 Å². The van der Waals surface area contributed by atoms with Gasteiger partial charge < -0.3 is 5.32 Å². The van der Waals surface area contributed by atoms with E-state index in [1.165, 1.54) is 27.6 Å². The molecule has 6 nitrogen and oxygen atoms in total. The Kier molecular flexibility index (Phi) is 6.41. The molecule has 0 aromatic heterocycles. The van der Waals surface area contributed by atoms with Crippen molar-refractivity contribution in [1.29, 1.82) is 0 Å². The standard InChI is InChI=1S/C22H29N3O3S/c1-16(2)25(4)29(27,28)19-12-10-18(11-13-19)23-22(26)15-24(3)21-14-9-17-7-5-6-8-20(17)21/h5-8,10-13,16,21H,9,14-15H2,1-4H3,(H,23,26). The SMILES string of the molecule is CC(C)N(C)S(=O)(=O)c1ccc(NC(=O)CN(C)C2CCc3ccccc32)cc1. The second kappa shape index (κ2) is 8.65. The lowest BCUT2D eigenvalue weighted by atomic mass is 10.1. The maximum atomic E-state index is 12.5. The molecule has 0 bridgehead atoms. The van der Waals surface area contributed by atoms with Crippen LogP contribution in [-0.2, 0) is 21.2 Å². The summed E-state index contributed by atoms with van der Waals surface area (Å²) in [7, 11) is -0.00528. The average Bonchev–Trinajstić information content (AvgIpc) is 3.12. The van der Waals surface area contributed by atoms with Gasteiger partial charge in [0.15, 0.2) is 0 Å². The topological polar surface area (TPSA) is 69.7 Å². The number of hydrogen-bond donors (Lipinski definition) is 1. The van der Waals surface area contributed by atoms with Crippen LogP contribution >= 0.6 is 0 Å². The third kappa shape index (κ3) is 4.69. The van der Waals surface area contributed by atoms with Crippen LogP contribution in [0.25, 0.3) is 0 Å². The van der Waals surface area contributed by atoms with Gasteiger partial charge in [-0.3, -0.25) is 9.69 Å². The highest BCUT2D eigenvalue weighted by atomic mass is 32.2. The van der Waals surface area contributed by atoms with Crippen LogP contribution in [0, 0.1) is 0 Å². The van der Waals surface area contributed by atoms with Crippen molar-refractivity contribution in [2.24, 2.45) is 0 Å². The van der Waals surface area contributed by atoms with E-state index in [-0.39, 0.29) is 29.4 Å². The summed E-state index contributed by atoms with van der Waals surface area (Å²) in [6.07, 6.45) is 2.05. The molecular formula is C22H29N3O3S. The predicted molar refractivity (Wildman–Crippen MR) is 115 cm³/mol. The van der Waals surface area contributed by atoms with Crippen molar-refractivity contribution in [2.75, 3.05) is 26.0 Å². The number of fused-ring (bicyclic) bond motifs is 1. The fraction of sp³-hybridized carbons (Fsp3) is 0.409. The van der Waals surface area contributed by atoms with Gasteiger partial charge in [0, 0.05) is 24.8 Å². The highest BCUT2D eigenvalue weighted by Crippen LogP contribution is 2.34. The Bertz CT molecular complexity index is 971. The summed E-state index contributed by atoms with van der Waals surface area (Å²) >= 11 is 0. The summed E-state index contributed by atoms with van der Waals surface area (Å²) in [4.78, 5) is 14.8. The number of nitrogens with one attached hydrogen (secondary N) is 1. The van der Waals surface area contributed by atoms with E-state index >= 15 is 0 Å². The molecular weight excluding hydrogens is 386 g/mol. The third-order valence-electron chi connectivity index (χ3n) is 5.57. The van der Waals surface area contributed by atoms with Crippen molar-refractivity contribution >= 4 is 21.6 Å². The first-order chi connectivity index (χ1) is 13.7. The summed E-state index contributed by atoms with van der Waals surface area (Å²) in [5, 5.41) is 2.86. The minimum absolute atomic E-state index is 0.119. The van der Waals surface area contributed by atoms with E-state index in [0.717, 1.165) is 12.8 Å². The van der Waals surface area contributed by atoms with Crippen LogP contribution < -0.4 is 5.32 Å². The van der Waals surface area contributed by atoms with E-state index < -0.39 is 10.0 Å². The quantitative estimate of drug-likeness (QED) is 0.754. The molecule has 1 N–H and O–H groups in total. The van der Waals surface area contributed by atoms with Gasteiger partial charge in [0.05, 0.1) is 11.4 Å². The molecule has 2 aromatic carbocycles. The Hall–Kier alpha value is -2.22. The number of anilines is 1. The van der Waals surface area contributed by atoms with Gasteiger partial charge in [0.25, 0.3) is 0 Å². The van der Waals surface area contributed by atoms with Crippen molar-refractivity contribution < 1.29 is 13.2 Å². The summed E-state index contributed by atoms with van der Waals surface area (Å²) in [6.45, 7) is 3.92. The van der Waals surface area contributed by atoms with Gasteiger partial charge in [0.1, 0.15) is 0 Å². The lowest BCUT2D eigenvalue weighted by Crippen LogP contribution is -2.33. The summed E-state index contributed by atoms with van der Waals surface area (Å²) in [6, 6.07) is 14.8. The molecule has 1 aliphatic carbocycles. The Balaban J connectivity index is 1.61. The molecule has 1 amide bonds. The highest BCUT2D eigenvalue weighted by Gasteiger charge is 2.26. The van der Waals surface area contributed by atoms with Crippen LogP contribution in [0.15, 0.2) is 53.4 Å². The molecule has 1 atom stereocenters. The van der Waals surface area contributed by atoms with Crippen LogP contribution in [0.3, 0.4) is 0 Å². The fourth-order valence-electron chi connectivity index (χ4n) is 3.68. The Morgan fingerprint density at radius 3 is 2.41 bits per heavy atom. The van der Waals surface area contributed by atoms with E-state index in [4.69, 9.17) is 0 Å². The molecule has 0 saturated carbocycles.